The number of carbonyl (C=O) groups is 1. The average Bonchev–Trinajstić information content (AvgIpc) is 2.88. The minimum absolute atomic E-state index is 0.131. The van der Waals surface area contributed by atoms with E-state index >= 15 is 0 Å². The van der Waals surface area contributed by atoms with Crippen molar-refractivity contribution in [1.82, 2.24) is 15.1 Å². The minimum atomic E-state index is -0.213. The van der Waals surface area contributed by atoms with Crippen molar-refractivity contribution in [2.24, 2.45) is 7.05 Å². The Hall–Kier alpha value is -2.59. The van der Waals surface area contributed by atoms with E-state index in [1.165, 1.54) is 10.2 Å². The van der Waals surface area contributed by atoms with Gasteiger partial charge in [0.25, 0.3) is 5.91 Å². The molecule has 4 nitrogen and oxygen atoms in total. The smallest absolute Gasteiger partial charge is 0.256 e. The normalized spacial score (nSPS) is 12.0. The van der Waals surface area contributed by atoms with Crippen molar-refractivity contribution < 1.29 is 4.79 Å². The fraction of sp³-hybridized carbons (Fsp3) is 0.200. The van der Waals surface area contributed by atoms with E-state index in [2.05, 4.69) is 34.7 Å². The molecule has 0 aliphatic rings. The Morgan fingerprint density at radius 2 is 1.68 bits per heavy atom. The third kappa shape index (κ3) is 3.59. The van der Waals surface area contributed by atoms with Gasteiger partial charge in [-0.2, -0.15) is 5.10 Å². The number of benzene rings is 2. The van der Waals surface area contributed by atoms with E-state index in [4.69, 9.17) is 11.6 Å². The van der Waals surface area contributed by atoms with Crippen molar-refractivity contribution in [3.05, 3.63) is 76.6 Å². The molecule has 128 valence electrons. The van der Waals surface area contributed by atoms with Gasteiger partial charge in [-0.05, 0) is 30.5 Å². The lowest BCUT2D eigenvalue weighted by Crippen LogP contribution is -2.27. The van der Waals surface area contributed by atoms with Crippen molar-refractivity contribution in [3.8, 4) is 11.1 Å². The number of amides is 1. The van der Waals surface area contributed by atoms with Crippen molar-refractivity contribution in [1.29, 1.82) is 0 Å². The highest BCUT2D eigenvalue weighted by Crippen LogP contribution is 2.23. The Morgan fingerprint density at radius 3 is 2.24 bits per heavy atom. The van der Waals surface area contributed by atoms with Crippen molar-refractivity contribution in [3.63, 3.8) is 0 Å². The predicted octanol–water partition coefficient (Wildman–Crippen LogP) is 4.54. The maximum absolute atomic E-state index is 12.5. The third-order valence-electron chi connectivity index (χ3n) is 4.24. The van der Waals surface area contributed by atoms with Gasteiger partial charge in [-0.3, -0.25) is 9.48 Å². The van der Waals surface area contributed by atoms with E-state index in [1.807, 2.05) is 37.3 Å². The first-order valence-electron chi connectivity index (χ1n) is 8.12. The fourth-order valence-electron chi connectivity index (χ4n) is 2.83. The lowest BCUT2D eigenvalue weighted by atomic mass is 10.0. The topological polar surface area (TPSA) is 46.9 Å². The molecule has 25 heavy (non-hydrogen) atoms. The molecule has 2 aromatic carbocycles. The van der Waals surface area contributed by atoms with Crippen LogP contribution in [-0.4, -0.2) is 15.7 Å². The van der Waals surface area contributed by atoms with Crippen LogP contribution in [0.4, 0.5) is 0 Å². The molecule has 1 N–H and O–H groups in total. The molecule has 1 aromatic heterocycles. The number of hydrogen-bond acceptors (Lipinski definition) is 2. The molecule has 0 fully saturated rings. The Balaban J connectivity index is 1.75. The van der Waals surface area contributed by atoms with Crippen LogP contribution in [0.2, 0.25) is 5.15 Å². The highest BCUT2D eigenvalue weighted by Gasteiger charge is 2.20. The number of aromatic nitrogens is 2. The van der Waals surface area contributed by atoms with Crippen LogP contribution in [-0.2, 0) is 7.05 Å². The fourth-order valence-corrected chi connectivity index (χ4v) is 3.10. The van der Waals surface area contributed by atoms with Crippen molar-refractivity contribution in [2.75, 3.05) is 0 Å². The van der Waals surface area contributed by atoms with Gasteiger partial charge < -0.3 is 5.32 Å². The van der Waals surface area contributed by atoms with E-state index in [0.29, 0.717) is 16.4 Å². The first-order valence-corrected chi connectivity index (χ1v) is 8.50. The van der Waals surface area contributed by atoms with Crippen molar-refractivity contribution in [2.45, 2.75) is 19.9 Å². The average molecular weight is 354 g/mol. The number of nitrogens with one attached hydrogen (secondary N) is 1. The summed E-state index contributed by atoms with van der Waals surface area (Å²) in [5.74, 6) is -0.213. The lowest BCUT2D eigenvalue weighted by Gasteiger charge is -2.15. The Morgan fingerprint density at radius 1 is 1.08 bits per heavy atom. The summed E-state index contributed by atoms with van der Waals surface area (Å²) in [4.78, 5) is 12.5. The molecule has 0 aliphatic heterocycles. The second-order valence-corrected chi connectivity index (χ2v) is 6.42. The zero-order valence-corrected chi connectivity index (χ0v) is 15.2. The Bertz CT molecular complexity index is 885. The van der Waals surface area contributed by atoms with Gasteiger partial charge in [-0.25, -0.2) is 0 Å². The van der Waals surface area contributed by atoms with Gasteiger partial charge in [-0.1, -0.05) is 66.2 Å². The van der Waals surface area contributed by atoms with Gasteiger partial charge in [0, 0.05) is 7.05 Å². The summed E-state index contributed by atoms with van der Waals surface area (Å²) < 4.78 is 1.51. The lowest BCUT2D eigenvalue weighted by molar-refractivity contribution is 0.0939. The molecule has 0 bridgehead atoms. The summed E-state index contributed by atoms with van der Waals surface area (Å²) in [6, 6.07) is 18.3. The Labute approximate surface area is 152 Å². The van der Waals surface area contributed by atoms with Crippen LogP contribution < -0.4 is 5.32 Å². The van der Waals surface area contributed by atoms with Crippen molar-refractivity contribution >= 4 is 17.5 Å². The number of hydrogen-bond donors (Lipinski definition) is 1. The zero-order valence-electron chi connectivity index (χ0n) is 14.5. The molecule has 1 amide bonds. The van der Waals surface area contributed by atoms with Crippen LogP contribution in [0, 0.1) is 6.92 Å². The largest absolute Gasteiger partial charge is 0.345 e. The first kappa shape index (κ1) is 17.2. The summed E-state index contributed by atoms with van der Waals surface area (Å²) in [6.07, 6.45) is 0. The van der Waals surface area contributed by atoms with Crippen LogP contribution in [0.1, 0.15) is 34.6 Å². The second-order valence-electron chi connectivity index (χ2n) is 6.06. The molecule has 3 rings (SSSR count). The summed E-state index contributed by atoms with van der Waals surface area (Å²) in [5, 5.41) is 7.52. The molecule has 0 spiro atoms. The molecule has 5 heteroatoms. The van der Waals surface area contributed by atoms with Crippen LogP contribution >= 0.6 is 11.6 Å². The predicted molar refractivity (Wildman–Crippen MR) is 101 cm³/mol. The molecule has 0 saturated heterocycles. The third-order valence-corrected chi connectivity index (χ3v) is 4.68. The number of carbonyl (C=O) groups excluding carboxylic acids is 1. The minimum Gasteiger partial charge on any atom is -0.345 e. The maximum Gasteiger partial charge on any atom is 0.256 e. The van der Waals surface area contributed by atoms with Crippen LogP contribution in [0.15, 0.2) is 54.6 Å². The van der Waals surface area contributed by atoms with Crippen LogP contribution in [0.3, 0.4) is 0 Å². The van der Waals surface area contributed by atoms with Gasteiger partial charge in [-0.15, -0.1) is 0 Å². The summed E-state index contributed by atoms with van der Waals surface area (Å²) >= 11 is 6.17. The number of halogens is 1. The van der Waals surface area contributed by atoms with Crippen LogP contribution in [0.5, 0.6) is 0 Å². The van der Waals surface area contributed by atoms with E-state index in [9.17, 15) is 4.79 Å². The first-order chi connectivity index (χ1) is 12.0. The number of rotatable bonds is 4. The van der Waals surface area contributed by atoms with Gasteiger partial charge in [0.2, 0.25) is 0 Å². The number of aryl methyl sites for hydroxylation is 2. The Kier molecular flexibility index (Phi) is 4.91. The van der Waals surface area contributed by atoms with E-state index < -0.39 is 0 Å². The quantitative estimate of drug-likeness (QED) is 0.748. The molecular weight excluding hydrogens is 334 g/mol. The molecule has 1 atom stereocenters. The van der Waals surface area contributed by atoms with E-state index in [-0.39, 0.29) is 11.9 Å². The molecule has 0 aliphatic carbocycles. The molecule has 0 radical (unpaired) electrons. The highest BCUT2D eigenvalue weighted by molar-refractivity contribution is 6.33. The van der Waals surface area contributed by atoms with Gasteiger partial charge >= 0.3 is 0 Å². The van der Waals surface area contributed by atoms with Gasteiger partial charge in [0.15, 0.2) is 0 Å². The molecule has 1 unspecified atom stereocenters. The van der Waals surface area contributed by atoms with E-state index in [1.54, 1.807) is 14.0 Å². The number of nitrogens with zero attached hydrogens (tertiary/aromatic N) is 2. The summed E-state index contributed by atoms with van der Waals surface area (Å²) in [5.41, 5.74) is 4.40. The van der Waals surface area contributed by atoms with Gasteiger partial charge in [0.1, 0.15) is 5.15 Å². The monoisotopic (exact) mass is 353 g/mol. The maximum atomic E-state index is 12.5. The second kappa shape index (κ2) is 7.11. The summed E-state index contributed by atoms with van der Waals surface area (Å²) in [6.45, 7) is 3.73. The summed E-state index contributed by atoms with van der Waals surface area (Å²) in [7, 11) is 1.72. The van der Waals surface area contributed by atoms with Crippen LogP contribution in [0.25, 0.3) is 11.1 Å². The molecular formula is C20H20ClN3O. The zero-order chi connectivity index (χ0) is 18.0. The van der Waals surface area contributed by atoms with E-state index in [0.717, 1.165) is 11.1 Å². The highest BCUT2D eigenvalue weighted by atomic mass is 35.5. The molecule has 3 aromatic rings. The SMILES string of the molecule is Cc1nn(C)c(Cl)c1C(=O)NC(C)c1ccc(-c2ccccc2)cc1. The molecule has 1 heterocycles. The van der Waals surface area contributed by atoms with Gasteiger partial charge in [0.05, 0.1) is 17.3 Å². The standard InChI is InChI=1S/C20H20ClN3O/c1-13(22-20(25)18-14(2)23-24(3)19(18)21)15-9-11-17(12-10-15)16-7-5-4-6-8-16/h4-13H,1-3H3,(H,22,25). The molecule has 0 saturated carbocycles.